The molecule has 4 bridgehead atoms. The number of carbonyl (C=O) groups is 1. The van der Waals surface area contributed by atoms with Crippen LogP contribution in [0.1, 0.15) is 38.5 Å². The molecule has 4 saturated carbocycles. The third-order valence-corrected chi connectivity index (χ3v) is 16.9. The molecule has 0 amide bonds. The number of hydrogen-bond acceptors (Lipinski definition) is 1. The van der Waals surface area contributed by atoms with Gasteiger partial charge in [0.2, 0.25) is 0 Å². The van der Waals surface area contributed by atoms with E-state index >= 15 is 0 Å². The van der Waals surface area contributed by atoms with Crippen LogP contribution in [-0.4, -0.2) is 29.5 Å². The normalized spacial score (nSPS) is 48.4. The summed E-state index contributed by atoms with van der Waals surface area (Å²) in [5.41, 5.74) is -0.311. The van der Waals surface area contributed by atoms with Gasteiger partial charge in [-0.05, 0) is 0 Å². The molecule has 0 spiro atoms. The van der Waals surface area contributed by atoms with Crippen molar-refractivity contribution < 1.29 is 9.90 Å². The van der Waals surface area contributed by atoms with Crippen molar-refractivity contribution in [2.45, 2.75) is 56.8 Å². The predicted octanol–water partition coefficient (Wildman–Crippen LogP) is 3.75. The molecule has 96 valence electrons. The fraction of sp³-hybridized carbons (Fsp3) is 0.929. The average Bonchev–Trinajstić information content (AvgIpc) is 2.13. The molecule has 0 aromatic carbocycles. The molecule has 2 nitrogen and oxygen atoms in total. The first-order chi connectivity index (χ1) is 7.76. The van der Waals surface area contributed by atoms with E-state index in [1.54, 1.807) is 0 Å². The zero-order valence-electron chi connectivity index (χ0n) is 11.3. The third kappa shape index (κ3) is 1.62. The molecule has 1 N–H and O–H groups in total. The van der Waals surface area contributed by atoms with Gasteiger partial charge in [0, 0.05) is 0 Å². The fourth-order valence-corrected chi connectivity index (χ4v) is 13.0. The molecule has 0 radical (unpaired) electrons. The Kier molecular flexibility index (Phi) is 2.48. The molecule has 0 aromatic heterocycles. The molecule has 4 atom stereocenters. The summed E-state index contributed by atoms with van der Waals surface area (Å²) in [7, 11) is 0. The first-order valence-electron chi connectivity index (χ1n) is 7.00. The number of aliphatic carboxylic acids is 1. The number of carboxylic acid groups (broad SMARTS) is 1. The summed E-state index contributed by atoms with van der Waals surface area (Å²) in [6, 6.07) is 0. The van der Waals surface area contributed by atoms with E-state index in [9.17, 15) is 9.90 Å². The van der Waals surface area contributed by atoms with Crippen LogP contribution in [0.5, 0.6) is 0 Å². The maximum absolute atomic E-state index is 11.7. The zero-order chi connectivity index (χ0) is 12.5. The van der Waals surface area contributed by atoms with Crippen LogP contribution in [0, 0.1) is 17.3 Å². The topological polar surface area (TPSA) is 37.3 Å². The Morgan fingerprint density at radius 2 is 1.65 bits per heavy atom. The summed E-state index contributed by atoms with van der Waals surface area (Å²) >= 11 is -2.04. The van der Waals surface area contributed by atoms with Crippen LogP contribution in [0.3, 0.4) is 0 Å². The Balaban J connectivity index is 2.03. The Morgan fingerprint density at radius 3 is 2.06 bits per heavy atom. The number of hydrogen-bond donors (Lipinski definition) is 1. The molecule has 3 heteroatoms. The van der Waals surface area contributed by atoms with Crippen LogP contribution >= 0.6 is 0 Å². The van der Waals surface area contributed by atoms with Crippen molar-refractivity contribution in [3.05, 3.63) is 0 Å². The first-order valence-corrected chi connectivity index (χ1v) is 17.0. The maximum atomic E-state index is 11.7. The van der Waals surface area contributed by atoms with Gasteiger partial charge < -0.3 is 0 Å². The van der Waals surface area contributed by atoms with E-state index in [-0.39, 0.29) is 5.41 Å². The monoisotopic (exact) mass is 344 g/mol. The summed E-state index contributed by atoms with van der Waals surface area (Å²) in [6.07, 6.45) is 7.09. The summed E-state index contributed by atoms with van der Waals surface area (Å²) < 4.78 is 0.511. The molecule has 0 saturated heterocycles. The van der Waals surface area contributed by atoms with Gasteiger partial charge in [0.05, 0.1) is 0 Å². The molecule has 4 rings (SSSR count). The van der Waals surface area contributed by atoms with E-state index in [2.05, 4.69) is 14.8 Å². The van der Waals surface area contributed by atoms with Crippen molar-refractivity contribution in [2.24, 2.45) is 17.3 Å². The Bertz CT molecular complexity index is 355. The van der Waals surface area contributed by atoms with Gasteiger partial charge >= 0.3 is 108 Å². The van der Waals surface area contributed by atoms with Crippen molar-refractivity contribution in [3.63, 3.8) is 0 Å². The Hall–Kier alpha value is 0.269. The summed E-state index contributed by atoms with van der Waals surface area (Å²) in [5, 5.41) is 9.68. The predicted molar refractivity (Wildman–Crippen MR) is 70.8 cm³/mol. The molecule has 0 aromatic rings. The van der Waals surface area contributed by atoms with Crippen molar-refractivity contribution in [2.75, 3.05) is 0 Å². The van der Waals surface area contributed by atoms with Gasteiger partial charge in [-0.15, -0.1) is 0 Å². The average molecular weight is 343 g/mol. The van der Waals surface area contributed by atoms with Crippen LogP contribution in [0.25, 0.3) is 0 Å². The van der Waals surface area contributed by atoms with Gasteiger partial charge in [-0.3, -0.25) is 0 Å². The van der Waals surface area contributed by atoms with Crippen LogP contribution in [0.2, 0.25) is 18.2 Å². The Morgan fingerprint density at radius 1 is 1.12 bits per heavy atom. The van der Waals surface area contributed by atoms with E-state index < -0.39 is 24.3 Å². The molecule has 0 aliphatic heterocycles. The van der Waals surface area contributed by atoms with E-state index in [0.29, 0.717) is 3.43 Å². The zero-order valence-corrected chi connectivity index (χ0v) is 14.1. The van der Waals surface area contributed by atoms with E-state index in [1.807, 2.05) is 0 Å². The first kappa shape index (κ1) is 12.3. The van der Waals surface area contributed by atoms with Crippen LogP contribution < -0.4 is 0 Å². The number of carboxylic acids is 1. The van der Waals surface area contributed by atoms with Crippen molar-refractivity contribution >= 4 is 24.3 Å². The molecule has 4 aliphatic carbocycles. The van der Waals surface area contributed by atoms with Gasteiger partial charge in [0.15, 0.2) is 0 Å². The second-order valence-corrected chi connectivity index (χ2v) is 23.9. The summed E-state index contributed by atoms with van der Waals surface area (Å²) in [6.45, 7) is 0. The number of rotatable bonds is 2. The van der Waals surface area contributed by atoms with Crippen molar-refractivity contribution in [3.8, 4) is 0 Å². The summed E-state index contributed by atoms with van der Waals surface area (Å²) in [4.78, 5) is 19.3. The quantitative estimate of drug-likeness (QED) is 0.776. The molecule has 2 unspecified atom stereocenters. The Labute approximate surface area is 108 Å². The second kappa shape index (κ2) is 3.43. The van der Waals surface area contributed by atoms with Crippen LogP contribution in [0.15, 0.2) is 0 Å². The molecule has 4 fully saturated rings. The van der Waals surface area contributed by atoms with Crippen LogP contribution in [0.4, 0.5) is 0 Å². The van der Waals surface area contributed by atoms with Crippen molar-refractivity contribution in [1.29, 1.82) is 0 Å². The molecule has 0 heterocycles. The summed E-state index contributed by atoms with van der Waals surface area (Å²) in [5.74, 6) is 0.998. The van der Waals surface area contributed by atoms with Gasteiger partial charge in [-0.1, -0.05) is 0 Å². The van der Waals surface area contributed by atoms with E-state index in [4.69, 9.17) is 0 Å². The SMILES string of the molecule is [CH3][Sn]([CH3])([CH3])[C]12C[C@@H]3C[C@@H](CC(C(=O)O)(C3)C1)C2. The fourth-order valence-electron chi connectivity index (χ4n) is 5.39. The van der Waals surface area contributed by atoms with Gasteiger partial charge in [-0.2, -0.15) is 0 Å². The molecular formula is C14H24O2Sn. The second-order valence-electron chi connectivity index (χ2n) is 8.08. The molecule has 17 heavy (non-hydrogen) atoms. The standard InChI is InChI=1S/C11H15O2.3CH3.Sn/c12-10(13)11-4-7-1-8(5-11)3-9(2-7)6-11;;;;/h7-8H,1-6H2,(H,12,13);3*1H3;/t7-,8+,11?;;;;. The van der Waals surface area contributed by atoms with Crippen LogP contribution in [-0.2, 0) is 4.79 Å². The minimum absolute atomic E-state index is 0.311. The molecule has 4 aliphatic rings. The molecular weight excluding hydrogens is 319 g/mol. The van der Waals surface area contributed by atoms with Gasteiger partial charge in [0.25, 0.3) is 0 Å². The minimum atomic E-state index is -2.04. The van der Waals surface area contributed by atoms with Crippen molar-refractivity contribution in [1.82, 2.24) is 0 Å². The van der Waals surface area contributed by atoms with Gasteiger partial charge in [-0.25, -0.2) is 0 Å². The van der Waals surface area contributed by atoms with E-state index in [0.717, 1.165) is 31.1 Å². The van der Waals surface area contributed by atoms with E-state index in [1.165, 1.54) is 19.3 Å². The third-order valence-electron chi connectivity index (χ3n) is 6.11. The van der Waals surface area contributed by atoms with Gasteiger partial charge in [0.1, 0.15) is 0 Å².